The highest BCUT2D eigenvalue weighted by Crippen LogP contribution is 2.44. The number of phosphoric ester groups is 2. The van der Waals surface area contributed by atoms with Crippen molar-refractivity contribution in [2.24, 2.45) is 0 Å². The van der Waals surface area contributed by atoms with Crippen molar-refractivity contribution in [1.29, 1.82) is 0 Å². The van der Waals surface area contributed by atoms with Gasteiger partial charge in [0.1, 0.15) is 43.2 Å². The maximum atomic E-state index is 12.3. The normalized spacial score (nSPS) is 29.7. The number of rotatable bonds is 14. The Morgan fingerprint density at radius 2 is 1.31 bits per heavy atom. The fourth-order valence-corrected chi connectivity index (χ4v) is 4.47. The van der Waals surface area contributed by atoms with Crippen LogP contribution in [0.5, 0.6) is 0 Å². The molecule has 16 nitrogen and oxygen atoms in total. The van der Waals surface area contributed by atoms with Crippen molar-refractivity contribution in [3.8, 4) is 0 Å². The van der Waals surface area contributed by atoms with Crippen molar-refractivity contribution in [3.63, 3.8) is 0 Å². The van der Waals surface area contributed by atoms with E-state index in [2.05, 4.69) is 13.6 Å². The topological polar surface area (TPSA) is 265 Å². The van der Waals surface area contributed by atoms with Crippen LogP contribution in [0.3, 0.4) is 0 Å². The first kappa shape index (κ1) is 32.0. The molecule has 4 N–H and O–H groups in total. The van der Waals surface area contributed by atoms with Crippen molar-refractivity contribution < 1.29 is 76.9 Å². The largest absolute Gasteiger partial charge is 0.790 e. The summed E-state index contributed by atoms with van der Waals surface area (Å²) in [5.41, 5.74) is 0. The maximum absolute atomic E-state index is 12.3. The molecule has 1 fully saturated rings. The molecular weight excluding hydrogens is 522 g/mol. The van der Waals surface area contributed by atoms with E-state index in [4.69, 9.17) is 9.47 Å². The zero-order valence-corrected chi connectivity index (χ0v) is 20.7. The highest BCUT2D eigenvalue weighted by Gasteiger charge is 2.51. The van der Waals surface area contributed by atoms with Crippen LogP contribution >= 0.6 is 15.6 Å². The van der Waals surface area contributed by atoms with E-state index in [0.717, 1.165) is 0 Å². The Morgan fingerprint density at radius 3 is 1.83 bits per heavy atom. The lowest BCUT2D eigenvalue weighted by atomic mass is 9.85. The van der Waals surface area contributed by atoms with Gasteiger partial charge in [-0.1, -0.05) is 13.8 Å². The second kappa shape index (κ2) is 14.1. The molecule has 0 aliphatic heterocycles. The molecule has 1 aliphatic carbocycles. The Kier molecular flexibility index (Phi) is 12.9. The minimum Gasteiger partial charge on any atom is -0.790 e. The number of aliphatic hydroxyl groups is 4. The SMILES string of the molecule is CCCC(=O)OC[C@H](COP(=O)([O-])O[C@H]1[C@H](O)[C@@H](OP(=O)([O-])[O-])[C@H](O)[C@@H](O)[C@H]1O)OC(=O)CCC. The van der Waals surface area contributed by atoms with Gasteiger partial charge >= 0.3 is 11.9 Å². The van der Waals surface area contributed by atoms with Crippen LogP contribution in [0.4, 0.5) is 0 Å². The molecule has 1 rings (SSSR count). The molecule has 0 aromatic carbocycles. The summed E-state index contributed by atoms with van der Waals surface area (Å²) in [6, 6.07) is 0. The standard InChI is InChI=1S/C17H32O16P2/c1-3-5-10(18)29-7-9(31-11(19)6-4-2)8-30-35(27,28)33-17-14(22)12(20)13(21)16(15(17)23)32-34(24,25)26/h9,12-17,20-23H,3-8H2,1-2H3,(H,27,28)(H2,24,25,26)/p-3/t9-,12-,13-,14-,15-,16+,17-/m1/s1. The molecule has 1 unspecified atom stereocenters. The lowest BCUT2D eigenvalue weighted by Crippen LogP contribution is -2.65. The summed E-state index contributed by atoms with van der Waals surface area (Å²) in [7, 11) is -11.3. The second-order valence-electron chi connectivity index (χ2n) is 7.59. The van der Waals surface area contributed by atoms with Crippen molar-refractivity contribution >= 4 is 27.6 Å². The molecule has 0 radical (unpaired) electrons. The Balaban J connectivity index is 2.90. The molecule has 0 spiro atoms. The number of carbonyl (C=O) groups is 2. The molecule has 18 heteroatoms. The van der Waals surface area contributed by atoms with Gasteiger partial charge in [-0.15, -0.1) is 0 Å². The molecule has 0 amide bonds. The predicted octanol–water partition coefficient (Wildman–Crippen LogP) is -3.42. The minimum absolute atomic E-state index is 0.0315. The van der Waals surface area contributed by atoms with E-state index in [1.54, 1.807) is 13.8 Å². The van der Waals surface area contributed by atoms with Crippen molar-refractivity contribution in [3.05, 3.63) is 0 Å². The summed E-state index contributed by atoms with van der Waals surface area (Å²) >= 11 is 0. The number of ether oxygens (including phenoxy) is 2. The summed E-state index contributed by atoms with van der Waals surface area (Å²) in [6.07, 6.45) is -14.5. The van der Waals surface area contributed by atoms with E-state index in [0.29, 0.717) is 12.8 Å². The van der Waals surface area contributed by atoms with E-state index in [-0.39, 0.29) is 12.8 Å². The van der Waals surface area contributed by atoms with Gasteiger partial charge in [-0.25, -0.2) is 0 Å². The third kappa shape index (κ3) is 10.9. The number of carbonyl (C=O) groups excluding carboxylic acids is 2. The summed E-state index contributed by atoms with van der Waals surface area (Å²) in [4.78, 5) is 57.3. The Morgan fingerprint density at radius 1 is 0.800 bits per heavy atom. The molecular formula is C17H29O16P2-3. The summed E-state index contributed by atoms with van der Waals surface area (Å²) in [6.45, 7) is 1.90. The van der Waals surface area contributed by atoms with Gasteiger partial charge in [0.2, 0.25) is 0 Å². The fourth-order valence-electron chi connectivity index (χ4n) is 2.96. The van der Waals surface area contributed by atoms with Crippen LogP contribution in [0.25, 0.3) is 0 Å². The van der Waals surface area contributed by atoms with Crippen LogP contribution in [0.2, 0.25) is 0 Å². The first-order chi connectivity index (χ1) is 16.1. The smallest absolute Gasteiger partial charge is 0.306 e. The van der Waals surface area contributed by atoms with Crippen molar-refractivity contribution in [2.45, 2.75) is 82.3 Å². The average Bonchev–Trinajstić information content (AvgIpc) is 2.74. The van der Waals surface area contributed by atoms with Crippen LogP contribution in [-0.4, -0.2) is 88.3 Å². The highest BCUT2D eigenvalue weighted by molar-refractivity contribution is 7.45. The molecule has 8 atom stereocenters. The van der Waals surface area contributed by atoms with Crippen LogP contribution < -0.4 is 14.7 Å². The van der Waals surface area contributed by atoms with Crippen LogP contribution in [0.1, 0.15) is 39.5 Å². The minimum atomic E-state index is -5.84. The van der Waals surface area contributed by atoms with Gasteiger partial charge in [0.25, 0.3) is 7.82 Å². The van der Waals surface area contributed by atoms with E-state index in [1.165, 1.54) is 0 Å². The van der Waals surface area contributed by atoms with Crippen molar-refractivity contribution in [2.75, 3.05) is 13.2 Å². The molecule has 1 saturated carbocycles. The van der Waals surface area contributed by atoms with E-state index >= 15 is 0 Å². The summed E-state index contributed by atoms with van der Waals surface area (Å²) in [5.74, 6) is -1.39. The number of aliphatic hydroxyl groups excluding tert-OH is 4. The second-order valence-corrected chi connectivity index (χ2v) is 10.1. The average molecular weight is 551 g/mol. The fraction of sp³-hybridized carbons (Fsp3) is 0.882. The Labute approximate surface area is 200 Å². The molecule has 0 aromatic rings. The van der Waals surface area contributed by atoms with E-state index < -0.39 is 83.5 Å². The molecule has 0 heterocycles. The molecule has 0 bridgehead atoms. The van der Waals surface area contributed by atoms with Gasteiger partial charge in [-0.3, -0.25) is 14.2 Å². The Hall–Kier alpha value is -1.00. The lowest BCUT2D eigenvalue weighted by Gasteiger charge is -2.47. The van der Waals surface area contributed by atoms with E-state index in [1.807, 2.05) is 0 Å². The molecule has 206 valence electrons. The quantitative estimate of drug-likeness (QED) is 0.121. The van der Waals surface area contributed by atoms with Gasteiger partial charge in [-0.2, -0.15) is 0 Å². The first-order valence-corrected chi connectivity index (χ1v) is 13.5. The van der Waals surface area contributed by atoms with Crippen molar-refractivity contribution in [1.82, 2.24) is 0 Å². The van der Waals surface area contributed by atoms with Gasteiger partial charge in [0.15, 0.2) is 6.10 Å². The molecule has 0 aromatic heterocycles. The van der Waals surface area contributed by atoms with Gasteiger partial charge in [-0.05, 0) is 12.8 Å². The maximum Gasteiger partial charge on any atom is 0.306 e. The van der Waals surface area contributed by atoms with Crippen LogP contribution in [-0.2, 0) is 41.8 Å². The third-order valence-corrected chi connectivity index (χ3v) is 6.07. The zero-order chi connectivity index (χ0) is 27.0. The molecule has 1 aliphatic rings. The summed E-state index contributed by atoms with van der Waals surface area (Å²) < 4.78 is 46.1. The van der Waals surface area contributed by atoms with Gasteiger partial charge < -0.3 is 62.7 Å². The van der Waals surface area contributed by atoms with E-state index in [9.17, 15) is 53.8 Å². The monoisotopic (exact) mass is 551 g/mol. The van der Waals surface area contributed by atoms with Crippen LogP contribution in [0, 0.1) is 0 Å². The molecule has 35 heavy (non-hydrogen) atoms. The number of hydrogen-bond acceptors (Lipinski definition) is 16. The molecule has 0 saturated heterocycles. The summed E-state index contributed by atoms with van der Waals surface area (Å²) in [5, 5.41) is 39.7. The zero-order valence-electron chi connectivity index (χ0n) is 18.9. The number of hydrogen-bond donors (Lipinski definition) is 4. The Bertz CT molecular complexity index is 786. The third-order valence-electron chi connectivity index (χ3n) is 4.60. The van der Waals surface area contributed by atoms with Gasteiger partial charge in [0, 0.05) is 12.8 Å². The number of phosphoric acid groups is 2. The lowest BCUT2D eigenvalue weighted by molar-refractivity contribution is -0.353. The predicted molar refractivity (Wildman–Crippen MR) is 106 cm³/mol. The first-order valence-electron chi connectivity index (χ1n) is 10.5. The number of esters is 2. The van der Waals surface area contributed by atoms with Gasteiger partial charge in [0.05, 0.1) is 14.4 Å². The van der Waals surface area contributed by atoms with Crippen LogP contribution in [0.15, 0.2) is 0 Å². The highest BCUT2D eigenvalue weighted by atomic mass is 31.2.